The largest absolute Gasteiger partial charge is 0.480 e. The number of aliphatic carboxylic acids is 1. The van der Waals surface area contributed by atoms with Crippen molar-refractivity contribution in [3.8, 4) is 0 Å². The van der Waals surface area contributed by atoms with Crippen LogP contribution in [-0.4, -0.2) is 156 Å². The molecule has 0 rings (SSSR count). The van der Waals surface area contributed by atoms with Crippen LogP contribution >= 0.6 is 0 Å². The second kappa shape index (κ2) is 35.7. The molecule has 14 nitrogen and oxygen atoms in total. The fourth-order valence-electron chi connectivity index (χ4n) is 3.04. The lowest BCUT2D eigenvalue weighted by molar-refractivity contribution is -0.143. The SMILES string of the molecule is CCCCCCOCCOCCOCCOCCOCCOCCOCCOCCOCCNC(=O)COCC(=O)O. The summed E-state index contributed by atoms with van der Waals surface area (Å²) in [5.41, 5.74) is 0. The summed E-state index contributed by atoms with van der Waals surface area (Å²) in [4.78, 5) is 21.6. The topological polar surface area (TPSA) is 159 Å². The smallest absolute Gasteiger partial charge is 0.329 e. The lowest BCUT2D eigenvalue weighted by Gasteiger charge is -2.09. The third-order valence-corrected chi connectivity index (χ3v) is 5.15. The van der Waals surface area contributed by atoms with E-state index in [1.807, 2.05) is 0 Å². The van der Waals surface area contributed by atoms with Gasteiger partial charge in [-0.25, -0.2) is 4.79 Å². The van der Waals surface area contributed by atoms with Gasteiger partial charge in [0.1, 0.15) is 13.2 Å². The van der Waals surface area contributed by atoms with Crippen LogP contribution in [0.3, 0.4) is 0 Å². The molecule has 0 aromatic carbocycles. The van der Waals surface area contributed by atoms with Crippen LogP contribution in [0, 0.1) is 0 Å². The Balaban J connectivity index is 3.08. The number of amides is 1. The summed E-state index contributed by atoms with van der Waals surface area (Å²) >= 11 is 0. The molecule has 0 unspecified atom stereocenters. The summed E-state index contributed by atoms with van der Waals surface area (Å²) in [5.74, 6) is -1.51. The molecule has 250 valence electrons. The van der Waals surface area contributed by atoms with Crippen LogP contribution in [0.2, 0.25) is 0 Å². The standard InChI is InChI=1S/C28H55NO13/c1-2-3-4-5-7-33-9-11-35-13-15-37-17-19-39-21-23-41-24-22-40-20-18-38-16-14-36-12-10-34-8-6-29-27(30)25-42-26-28(31)32/h2-26H2,1H3,(H,29,30)(H,31,32). The highest BCUT2D eigenvalue weighted by Gasteiger charge is 2.03. The molecule has 0 saturated carbocycles. The first-order valence-corrected chi connectivity index (χ1v) is 14.9. The molecule has 0 heterocycles. The highest BCUT2D eigenvalue weighted by Crippen LogP contribution is 1.98. The fourth-order valence-corrected chi connectivity index (χ4v) is 3.04. The monoisotopic (exact) mass is 613 g/mol. The van der Waals surface area contributed by atoms with E-state index in [-0.39, 0.29) is 6.61 Å². The number of carbonyl (C=O) groups excluding carboxylic acids is 1. The van der Waals surface area contributed by atoms with Gasteiger partial charge < -0.3 is 57.8 Å². The molecule has 2 N–H and O–H groups in total. The molecular formula is C28H55NO13. The fraction of sp³-hybridized carbons (Fsp3) is 0.929. The van der Waals surface area contributed by atoms with Crippen molar-refractivity contribution in [1.82, 2.24) is 5.32 Å². The van der Waals surface area contributed by atoms with E-state index in [0.717, 1.165) is 13.0 Å². The van der Waals surface area contributed by atoms with Crippen molar-refractivity contribution in [2.75, 3.05) is 139 Å². The van der Waals surface area contributed by atoms with Gasteiger partial charge >= 0.3 is 5.97 Å². The zero-order valence-corrected chi connectivity index (χ0v) is 25.5. The maximum Gasteiger partial charge on any atom is 0.329 e. The van der Waals surface area contributed by atoms with E-state index < -0.39 is 18.5 Å². The van der Waals surface area contributed by atoms with E-state index in [0.29, 0.717) is 119 Å². The van der Waals surface area contributed by atoms with Crippen molar-refractivity contribution in [3.63, 3.8) is 0 Å². The quantitative estimate of drug-likeness (QED) is 0.0963. The van der Waals surface area contributed by atoms with Crippen LogP contribution < -0.4 is 5.32 Å². The first-order valence-electron chi connectivity index (χ1n) is 14.9. The minimum Gasteiger partial charge on any atom is -0.480 e. The molecule has 14 heteroatoms. The molecule has 0 spiro atoms. The number of unbranched alkanes of at least 4 members (excludes halogenated alkanes) is 3. The maximum atomic E-state index is 11.3. The third kappa shape index (κ3) is 36.6. The summed E-state index contributed by atoms with van der Waals surface area (Å²) in [6, 6.07) is 0. The van der Waals surface area contributed by atoms with E-state index >= 15 is 0 Å². The Morgan fingerprint density at radius 3 is 1.17 bits per heavy atom. The van der Waals surface area contributed by atoms with Crippen LogP contribution in [0.1, 0.15) is 32.6 Å². The molecule has 0 aliphatic carbocycles. The van der Waals surface area contributed by atoms with Crippen molar-refractivity contribution >= 4 is 11.9 Å². The molecule has 42 heavy (non-hydrogen) atoms. The average molecular weight is 614 g/mol. The van der Waals surface area contributed by atoms with Gasteiger partial charge in [-0.05, 0) is 6.42 Å². The molecule has 0 bridgehead atoms. The van der Waals surface area contributed by atoms with Gasteiger partial charge in [-0.3, -0.25) is 4.79 Å². The van der Waals surface area contributed by atoms with Crippen LogP contribution in [0.5, 0.6) is 0 Å². The molecule has 0 aromatic rings. The zero-order valence-electron chi connectivity index (χ0n) is 25.5. The van der Waals surface area contributed by atoms with Gasteiger partial charge in [-0.2, -0.15) is 0 Å². The van der Waals surface area contributed by atoms with Crippen LogP contribution in [-0.2, 0) is 57.0 Å². The van der Waals surface area contributed by atoms with Gasteiger partial charge in [0, 0.05) is 13.2 Å². The number of carbonyl (C=O) groups is 2. The van der Waals surface area contributed by atoms with Gasteiger partial charge in [0.15, 0.2) is 0 Å². The number of carboxylic acid groups (broad SMARTS) is 1. The lowest BCUT2D eigenvalue weighted by Crippen LogP contribution is -2.31. The summed E-state index contributed by atoms with van der Waals surface area (Å²) < 4.78 is 53.6. The van der Waals surface area contributed by atoms with Gasteiger partial charge in [0.05, 0.1) is 112 Å². The van der Waals surface area contributed by atoms with Crippen molar-refractivity contribution < 1.29 is 62.1 Å². The molecule has 0 radical (unpaired) electrons. The second-order valence-corrected chi connectivity index (χ2v) is 8.81. The minimum absolute atomic E-state index is 0.297. The minimum atomic E-state index is -1.12. The average Bonchev–Trinajstić information content (AvgIpc) is 2.97. The number of rotatable bonds is 36. The number of ether oxygens (including phenoxy) is 10. The second-order valence-electron chi connectivity index (χ2n) is 8.81. The van der Waals surface area contributed by atoms with Crippen LogP contribution in [0.25, 0.3) is 0 Å². The molecule has 0 fully saturated rings. The van der Waals surface area contributed by atoms with Gasteiger partial charge in [-0.1, -0.05) is 26.2 Å². The van der Waals surface area contributed by atoms with E-state index in [1.165, 1.54) is 19.3 Å². The van der Waals surface area contributed by atoms with Crippen molar-refractivity contribution in [2.45, 2.75) is 32.6 Å². The van der Waals surface area contributed by atoms with E-state index in [4.69, 9.17) is 47.7 Å². The Labute approximate surface area is 250 Å². The Hall–Kier alpha value is -1.46. The lowest BCUT2D eigenvalue weighted by atomic mass is 10.2. The molecule has 0 saturated heterocycles. The van der Waals surface area contributed by atoms with Crippen molar-refractivity contribution in [1.29, 1.82) is 0 Å². The number of nitrogens with one attached hydrogen (secondary N) is 1. The normalized spacial score (nSPS) is 11.3. The van der Waals surface area contributed by atoms with Gasteiger partial charge in [0.25, 0.3) is 0 Å². The molecule has 0 aliphatic rings. The van der Waals surface area contributed by atoms with E-state index in [1.54, 1.807) is 0 Å². The Morgan fingerprint density at radius 2 is 0.810 bits per heavy atom. The Bertz CT molecular complexity index is 572. The number of hydrogen-bond acceptors (Lipinski definition) is 12. The molecule has 0 atom stereocenters. The molecule has 1 amide bonds. The summed E-state index contributed by atoms with van der Waals surface area (Å²) in [7, 11) is 0. The highest BCUT2D eigenvalue weighted by atomic mass is 16.6. The predicted octanol–water partition coefficient (Wildman–Crippen LogP) is 0.934. The summed E-state index contributed by atoms with van der Waals surface area (Å²) in [6.45, 7) is 10.8. The molecule has 0 aromatic heterocycles. The number of carboxylic acids is 1. The molecular weight excluding hydrogens is 558 g/mol. The first-order chi connectivity index (χ1) is 20.7. The molecule has 0 aliphatic heterocycles. The van der Waals surface area contributed by atoms with Crippen molar-refractivity contribution in [3.05, 3.63) is 0 Å². The highest BCUT2D eigenvalue weighted by molar-refractivity contribution is 5.77. The van der Waals surface area contributed by atoms with Crippen LogP contribution in [0.15, 0.2) is 0 Å². The van der Waals surface area contributed by atoms with E-state index in [9.17, 15) is 9.59 Å². The number of hydrogen-bond donors (Lipinski definition) is 2. The Kier molecular flexibility index (Phi) is 34.5. The summed E-state index contributed by atoms with van der Waals surface area (Å²) in [5, 5.41) is 11.0. The van der Waals surface area contributed by atoms with Gasteiger partial charge in [-0.15, -0.1) is 0 Å². The predicted molar refractivity (Wildman–Crippen MR) is 153 cm³/mol. The Morgan fingerprint density at radius 1 is 0.452 bits per heavy atom. The zero-order chi connectivity index (χ0) is 30.6. The third-order valence-electron chi connectivity index (χ3n) is 5.15. The van der Waals surface area contributed by atoms with Crippen LogP contribution in [0.4, 0.5) is 0 Å². The summed E-state index contributed by atoms with van der Waals surface area (Å²) in [6.07, 6.45) is 4.86. The first kappa shape index (κ1) is 40.5. The van der Waals surface area contributed by atoms with E-state index in [2.05, 4.69) is 17.0 Å². The maximum absolute atomic E-state index is 11.3. The van der Waals surface area contributed by atoms with Crippen molar-refractivity contribution in [2.24, 2.45) is 0 Å². The van der Waals surface area contributed by atoms with Gasteiger partial charge in [0.2, 0.25) is 5.91 Å².